The zero-order valence-electron chi connectivity index (χ0n) is 18.8. The maximum absolute atomic E-state index is 12.5. The second kappa shape index (κ2) is 11.1. The van der Waals surface area contributed by atoms with Gasteiger partial charge in [-0.05, 0) is 56.7 Å². The van der Waals surface area contributed by atoms with Crippen LogP contribution in [-0.4, -0.2) is 51.9 Å². The first kappa shape index (κ1) is 25.2. The number of esters is 1. The van der Waals surface area contributed by atoms with Gasteiger partial charge in [0.25, 0.3) is 5.91 Å². The Morgan fingerprint density at radius 2 is 1.71 bits per heavy atom. The van der Waals surface area contributed by atoms with Crippen molar-refractivity contribution in [3.63, 3.8) is 0 Å². The molecule has 1 heterocycles. The lowest BCUT2D eigenvalue weighted by molar-refractivity contribution is -0.153. The van der Waals surface area contributed by atoms with Crippen molar-refractivity contribution in [2.75, 3.05) is 25.1 Å². The Hall–Kier alpha value is -3.44. The molecule has 0 aromatic heterocycles. The van der Waals surface area contributed by atoms with E-state index >= 15 is 0 Å². The minimum Gasteiger partial charge on any atom is -0.486 e. The fourth-order valence-corrected chi connectivity index (χ4v) is 4.14. The quantitative estimate of drug-likeness (QED) is 0.294. The molecule has 0 aliphatic carbocycles. The first-order valence-corrected chi connectivity index (χ1v) is 12.1. The Balaban J connectivity index is 1.41. The van der Waals surface area contributed by atoms with E-state index in [2.05, 4.69) is 10.0 Å². The van der Waals surface area contributed by atoms with E-state index in [1.807, 2.05) is 0 Å². The predicted molar refractivity (Wildman–Crippen MR) is 122 cm³/mol. The highest BCUT2D eigenvalue weighted by Crippen LogP contribution is 2.32. The molecule has 1 unspecified atom stereocenters. The molecule has 0 spiro atoms. The van der Waals surface area contributed by atoms with E-state index in [1.165, 1.54) is 32.0 Å². The fourth-order valence-electron chi connectivity index (χ4n) is 3.06. The lowest BCUT2D eigenvalue weighted by Gasteiger charge is -2.19. The van der Waals surface area contributed by atoms with E-state index in [-0.39, 0.29) is 30.1 Å². The van der Waals surface area contributed by atoms with Crippen LogP contribution >= 0.6 is 0 Å². The van der Waals surface area contributed by atoms with Crippen molar-refractivity contribution in [2.24, 2.45) is 0 Å². The molecule has 11 heteroatoms. The Morgan fingerprint density at radius 3 is 2.38 bits per heavy atom. The number of nitrogens with one attached hydrogen (secondary N) is 2. The molecule has 0 bridgehead atoms. The third-order valence-electron chi connectivity index (χ3n) is 4.91. The first-order valence-electron chi connectivity index (χ1n) is 10.7. The standard InChI is InChI=1S/C23H26N2O8S/c1-15(26)17-5-7-18(8-6-17)25-23(28)16(2)33-22(27)4-3-11-24-34(29,30)19-9-10-20-21(14-19)32-13-12-31-20/h5-10,14,16,24H,3-4,11-13H2,1-2H3,(H,25,28). The molecule has 182 valence electrons. The largest absolute Gasteiger partial charge is 0.486 e. The van der Waals surface area contributed by atoms with Crippen LogP contribution in [0.25, 0.3) is 0 Å². The van der Waals surface area contributed by atoms with Crippen LogP contribution in [0.4, 0.5) is 5.69 Å². The summed E-state index contributed by atoms with van der Waals surface area (Å²) in [5.74, 6) is -0.399. The van der Waals surface area contributed by atoms with E-state index in [1.54, 1.807) is 24.3 Å². The number of benzene rings is 2. The summed E-state index contributed by atoms with van der Waals surface area (Å²) < 4.78 is 43.2. The van der Waals surface area contributed by atoms with Crippen LogP contribution < -0.4 is 19.5 Å². The summed E-state index contributed by atoms with van der Waals surface area (Å²) in [6.07, 6.45) is -0.938. The summed E-state index contributed by atoms with van der Waals surface area (Å²) in [5, 5.41) is 2.60. The number of hydrogen-bond acceptors (Lipinski definition) is 8. The van der Waals surface area contributed by atoms with Crippen LogP contribution in [0.15, 0.2) is 47.4 Å². The van der Waals surface area contributed by atoms with Gasteiger partial charge < -0.3 is 19.5 Å². The second-order valence-corrected chi connectivity index (χ2v) is 9.33. The van der Waals surface area contributed by atoms with Crippen LogP contribution in [0.3, 0.4) is 0 Å². The summed E-state index contributed by atoms with van der Waals surface area (Å²) in [7, 11) is -3.79. The van der Waals surface area contributed by atoms with Gasteiger partial charge in [-0.15, -0.1) is 0 Å². The zero-order chi connectivity index (χ0) is 24.7. The predicted octanol–water partition coefficient (Wildman–Crippen LogP) is 2.29. The molecule has 34 heavy (non-hydrogen) atoms. The Labute approximate surface area is 197 Å². The van der Waals surface area contributed by atoms with Gasteiger partial charge in [-0.1, -0.05) is 0 Å². The SMILES string of the molecule is CC(=O)c1ccc(NC(=O)C(C)OC(=O)CCCNS(=O)(=O)c2ccc3c(c2)OCCO3)cc1. The molecule has 10 nitrogen and oxygen atoms in total. The minimum absolute atomic E-state index is 0.00888. The smallest absolute Gasteiger partial charge is 0.306 e. The number of anilines is 1. The third-order valence-corrected chi connectivity index (χ3v) is 6.37. The van der Waals surface area contributed by atoms with Crippen molar-refractivity contribution in [1.29, 1.82) is 0 Å². The monoisotopic (exact) mass is 490 g/mol. The van der Waals surface area contributed by atoms with Crippen LogP contribution in [0.5, 0.6) is 11.5 Å². The van der Waals surface area contributed by atoms with Crippen LogP contribution in [0.1, 0.15) is 37.0 Å². The number of hydrogen-bond donors (Lipinski definition) is 2. The third kappa shape index (κ3) is 6.78. The number of sulfonamides is 1. The lowest BCUT2D eigenvalue weighted by Crippen LogP contribution is -2.30. The number of amides is 1. The molecule has 3 rings (SSSR count). The second-order valence-electron chi connectivity index (χ2n) is 7.56. The van der Waals surface area contributed by atoms with E-state index in [0.717, 1.165) is 0 Å². The number of carbonyl (C=O) groups is 3. The maximum atomic E-state index is 12.5. The summed E-state index contributed by atoms with van der Waals surface area (Å²) in [4.78, 5) is 35.6. The van der Waals surface area contributed by atoms with E-state index < -0.39 is 28.0 Å². The number of Topliss-reactive ketones (excluding diaryl/α,β-unsaturated/α-hetero) is 1. The van der Waals surface area contributed by atoms with Crippen LogP contribution in [0.2, 0.25) is 0 Å². The number of ketones is 1. The normalized spacial score (nSPS) is 13.6. The fraction of sp³-hybridized carbons (Fsp3) is 0.348. The summed E-state index contributed by atoms with van der Waals surface area (Å²) in [5.41, 5.74) is 0.980. The van der Waals surface area contributed by atoms with Crippen molar-refractivity contribution in [1.82, 2.24) is 4.72 Å². The molecule has 1 atom stereocenters. The molecule has 1 amide bonds. The zero-order valence-corrected chi connectivity index (χ0v) is 19.6. The molecule has 2 aromatic carbocycles. The van der Waals surface area contributed by atoms with Gasteiger partial charge in [0.2, 0.25) is 10.0 Å². The molecule has 2 N–H and O–H groups in total. The lowest BCUT2D eigenvalue weighted by atomic mass is 10.1. The van der Waals surface area contributed by atoms with Gasteiger partial charge in [-0.25, -0.2) is 13.1 Å². The van der Waals surface area contributed by atoms with Crippen LogP contribution in [-0.2, 0) is 24.3 Å². The van der Waals surface area contributed by atoms with Gasteiger partial charge in [0.05, 0.1) is 4.90 Å². The molecule has 0 saturated heterocycles. The van der Waals surface area contributed by atoms with Gasteiger partial charge in [-0.2, -0.15) is 0 Å². The molecule has 2 aromatic rings. The van der Waals surface area contributed by atoms with Gasteiger partial charge in [-0.3, -0.25) is 14.4 Å². The highest BCUT2D eigenvalue weighted by atomic mass is 32.2. The number of carbonyl (C=O) groups excluding carboxylic acids is 3. The average molecular weight is 491 g/mol. The summed E-state index contributed by atoms with van der Waals surface area (Å²) in [6, 6.07) is 10.7. The Morgan fingerprint density at radius 1 is 1.03 bits per heavy atom. The molecular formula is C23H26N2O8S. The van der Waals surface area contributed by atoms with Gasteiger partial charge in [0.15, 0.2) is 23.4 Å². The molecule has 0 fully saturated rings. The number of ether oxygens (including phenoxy) is 3. The van der Waals surface area contributed by atoms with Crippen molar-refractivity contribution in [3.05, 3.63) is 48.0 Å². The number of fused-ring (bicyclic) bond motifs is 1. The van der Waals surface area contributed by atoms with Crippen molar-refractivity contribution < 1.29 is 37.0 Å². The minimum atomic E-state index is -3.79. The maximum Gasteiger partial charge on any atom is 0.306 e. The van der Waals surface area contributed by atoms with Gasteiger partial charge in [0.1, 0.15) is 13.2 Å². The van der Waals surface area contributed by atoms with Crippen molar-refractivity contribution >= 4 is 33.4 Å². The Kier molecular flexibility index (Phi) is 8.24. The molecule has 0 saturated carbocycles. The van der Waals surface area contributed by atoms with E-state index in [4.69, 9.17) is 14.2 Å². The summed E-state index contributed by atoms with van der Waals surface area (Å²) in [6.45, 7) is 3.63. The molecular weight excluding hydrogens is 464 g/mol. The van der Waals surface area contributed by atoms with Gasteiger partial charge >= 0.3 is 5.97 Å². The average Bonchev–Trinajstić information content (AvgIpc) is 2.81. The highest BCUT2D eigenvalue weighted by molar-refractivity contribution is 7.89. The van der Waals surface area contributed by atoms with Crippen LogP contribution in [0, 0.1) is 0 Å². The van der Waals surface area contributed by atoms with E-state index in [0.29, 0.717) is 36.0 Å². The highest BCUT2D eigenvalue weighted by Gasteiger charge is 2.20. The summed E-state index contributed by atoms with van der Waals surface area (Å²) >= 11 is 0. The van der Waals surface area contributed by atoms with Crippen molar-refractivity contribution in [2.45, 2.75) is 37.7 Å². The molecule has 1 aliphatic rings. The topological polar surface area (TPSA) is 137 Å². The molecule has 0 radical (unpaired) electrons. The van der Waals surface area contributed by atoms with E-state index in [9.17, 15) is 22.8 Å². The number of rotatable bonds is 10. The van der Waals surface area contributed by atoms with Crippen molar-refractivity contribution in [3.8, 4) is 11.5 Å². The Bertz CT molecular complexity index is 1160. The molecule has 1 aliphatic heterocycles. The van der Waals surface area contributed by atoms with Gasteiger partial charge in [0, 0.05) is 30.3 Å². The first-order chi connectivity index (χ1) is 16.2.